The topological polar surface area (TPSA) is 114 Å². The van der Waals surface area contributed by atoms with Crippen molar-refractivity contribution >= 4 is 17.6 Å². The molecule has 0 fully saturated rings. The molecule has 0 aliphatic carbocycles. The molecule has 0 saturated carbocycles. The van der Waals surface area contributed by atoms with E-state index in [9.17, 15) is 9.59 Å². The Morgan fingerprint density at radius 2 is 1.69 bits per heavy atom. The fourth-order valence-corrected chi connectivity index (χ4v) is 3.62. The van der Waals surface area contributed by atoms with Crippen LogP contribution in [0.3, 0.4) is 0 Å². The fourth-order valence-electron chi connectivity index (χ4n) is 3.62. The van der Waals surface area contributed by atoms with E-state index < -0.39 is 5.91 Å². The molecule has 0 saturated heterocycles. The third-order valence-electron chi connectivity index (χ3n) is 5.78. The van der Waals surface area contributed by atoms with Crippen LogP contribution in [0.2, 0.25) is 0 Å². The average molecular weight is 541 g/mol. The van der Waals surface area contributed by atoms with Gasteiger partial charge in [-0.3, -0.25) is 9.59 Å². The number of esters is 1. The highest BCUT2D eigenvalue weighted by atomic mass is 16.5. The van der Waals surface area contributed by atoms with Gasteiger partial charge in [0.2, 0.25) is 0 Å². The molecule has 1 aromatic heterocycles. The molecule has 39 heavy (non-hydrogen) atoms. The molecule has 0 spiro atoms. The molecule has 1 N–H and O–H groups in total. The highest BCUT2D eigenvalue weighted by Gasteiger charge is 2.22. The molecule has 0 radical (unpaired) electrons. The average Bonchev–Trinajstić information content (AvgIpc) is 3.32. The molecule has 1 amide bonds. The number of carbonyl (C=O) groups is 2. The molecule has 1 heterocycles. The van der Waals surface area contributed by atoms with Crippen LogP contribution in [-0.4, -0.2) is 54.8 Å². The molecule has 3 rings (SSSR count). The third kappa shape index (κ3) is 8.20. The van der Waals surface area contributed by atoms with Gasteiger partial charge in [0.05, 0.1) is 33.6 Å². The zero-order valence-electron chi connectivity index (χ0n) is 24.4. The smallest absolute Gasteiger partial charge is 0.305 e. The van der Waals surface area contributed by atoms with Crippen LogP contribution in [0, 0.1) is 6.92 Å². The number of aromatic nitrogens is 3. The van der Waals surface area contributed by atoms with Gasteiger partial charge in [-0.25, -0.2) is 4.68 Å². The van der Waals surface area contributed by atoms with Crippen molar-refractivity contribution in [1.82, 2.24) is 15.0 Å². The highest BCUT2D eigenvalue weighted by molar-refractivity contribution is 6.03. The fraction of sp³-hybridized carbons (Fsp3) is 0.448. The lowest BCUT2D eigenvalue weighted by molar-refractivity contribution is -0.140. The zero-order chi connectivity index (χ0) is 29.2. The third-order valence-corrected chi connectivity index (χ3v) is 5.78. The number of nitrogens with one attached hydrogen (secondary N) is 1. The van der Waals surface area contributed by atoms with E-state index in [1.54, 1.807) is 45.4 Å². The predicted molar refractivity (Wildman–Crippen MR) is 150 cm³/mol. The monoisotopic (exact) mass is 540 g/mol. The van der Waals surface area contributed by atoms with E-state index in [1.807, 2.05) is 26.0 Å². The van der Waals surface area contributed by atoms with Crippen molar-refractivity contribution in [2.24, 2.45) is 0 Å². The number of rotatable bonds is 10. The number of amides is 1. The van der Waals surface area contributed by atoms with Gasteiger partial charge in [0.1, 0.15) is 22.9 Å². The molecule has 0 atom stereocenters. The quantitative estimate of drug-likeness (QED) is 0.265. The molecule has 212 valence electrons. The second-order valence-corrected chi connectivity index (χ2v) is 9.45. The van der Waals surface area contributed by atoms with Crippen molar-refractivity contribution in [2.75, 3.05) is 33.3 Å². The van der Waals surface area contributed by atoms with Gasteiger partial charge < -0.3 is 24.3 Å². The van der Waals surface area contributed by atoms with Crippen LogP contribution in [0.1, 0.15) is 69.2 Å². The molecule has 0 bridgehead atoms. The van der Waals surface area contributed by atoms with Gasteiger partial charge in [0.15, 0.2) is 5.69 Å². The molecule has 0 aliphatic rings. The molecule has 10 heteroatoms. The Kier molecular flexibility index (Phi) is 11.3. The van der Waals surface area contributed by atoms with Crippen LogP contribution in [0.25, 0.3) is 5.69 Å². The number of hydrogen-bond acceptors (Lipinski definition) is 8. The normalized spacial score (nSPS) is 10.7. The van der Waals surface area contributed by atoms with Crippen LogP contribution >= 0.6 is 0 Å². The van der Waals surface area contributed by atoms with Gasteiger partial charge in [0.25, 0.3) is 5.91 Å². The molecule has 2 aromatic carbocycles. The van der Waals surface area contributed by atoms with Crippen molar-refractivity contribution in [2.45, 2.75) is 59.8 Å². The van der Waals surface area contributed by atoms with Crippen LogP contribution in [0.4, 0.5) is 5.69 Å². The second kappa shape index (κ2) is 14.2. The summed E-state index contributed by atoms with van der Waals surface area (Å²) in [6, 6.07) is 10.9. The molecule has 3 aromatic rings. The van der Waals surface area contributed by atoms with Crippen molar-refractivity contribution in [3.05, 3.63) is 53.3 Å². The first-order valence-corrected chi connectivity index (χ1v) is 12.9. The van der Waals surface area contributed by atoms with Crippen molar-refractivity contribution in [3.63, 3.8) is 0 Å². The first kappa shape index (κ1) is 31.1. The Morgan fingerprint density at radius 1 is 0.974 bits per heavy atom. The lowest BCUT2D eigenvalue weighted by Gasteiger charge is -2.21. The Morgan fingerprint density at radius 3 is 2.31 bits per heavy atom. The van der Waals surface area contributed by atoms with Crippen LogP contribution in [-0.2, 0) is 14.9 Å². The summed E-state index contributed by atoms with van der Waals surface area (Å²) in [6.45, 7) is 12.3. The van der Waals surface area contributed by atoms with Gasteiger partial charge in [0, 0.05) is 24.2 Å². The first-order chi connectivity index (χ1) is 18.6. The van der Waals surface area contributed by atoms with Gasteiger partial charge in [-0.1, -0.05) is 39.8 Å². The largest absolute Gasteiger partial charge is 0.497 e. The van der Waals surface area contributed by atoms with E-state index in [1.165, 1.54) is 11.8 Å². The highest BCUT2D eigenvalue weighted by Crippen LogP contribution is 2.31. The Labute approximate surface area is 230 Å². The van der Waals surface area contributed by atoms with Crippen molar-refractivity contribution in [1.29, 1.82) is 0 Å². The van der Waals surface area contributed by atoms with Gasteiger partial charge in [-0.2, -0.15) is 0 Å². The molecule has 0 aliphatic heterocycles. The second-order valence-electron chi connectivity index (χ2n) is 9.45. The number of benzene rings is 2. The number of hydrogen-bond donors (Lipinski definition) is 1. The van der Waals surface area contributed by atoms with E-state index in [4.69, 9.17) is 14.2 Å². The molecular weight excluding hydrogens is 500 g/mol. The maximum absolute atomic E-state index is 13.2. The van der Waals surface area contributed by atoms with Crippen LogP contribution < -0.4 is 19.5 Å². The van der Waals surface area contributed by atoms with E-state index in [0.29, 0.717) is 47.3 Å². The Bertz CT molecular complexity index is 1260. The van der Waals surface area contributed by atoms with E-state index in [0.717, 1.165) is 5.56 Å². The zero-order valence-corrected chi connectivity index (χ0v) is 24.4. The summed E-state index contributed by atoms with van der Waals surface area (Å²) in [5.74, 6) is 1.08. The standard InChI is InChI=1S/C27H34N4O6.C2H6/c1-17-25(29-30-31(17)22-16-20(34-5)10-11-23(22)35-6)26(33)28-19-13-18(27(2,3)4)14-21(15-19)37-12-8-9-24(32)36-7;1-2/h10-11,13-16H,8-9,12H2,1-7H3,(H,28,33);1-2H3. The Hall–Kier alpha value is -4.08. The van der Waals surface area contributed by atoms with Gasteiger partial charge in [-0.15, -0.1) is 5.10 Å². The number of carbonyl (C=O) groups excluding carboxylic acids is 2. The SMILES string of the molecule is CC.COC(=O)CCCOc1cc(NC(=O)c2nnn(-c3cc(OC)ccc3OC)c2C)cc(C(C)(C)C)c1. The van der Waals surface area contributed by atoms with Gasteiger partial charge in [-0.05, 0) is 48.6 Å². The summed E-state index contributed by atoms with van der Waals surface area (Å²) in [5, 5.41) is 11.2. The summed E-state index contributed by atoms with van der Waals surface area (Å²) in [6.07, 6.45) is 0.788. The maximum Gasteiger partial charge on any atom is 0.305 e. The Balaban J connectivity index is 0.00000260. The maximum atomic E-state index is 13.2. The molecular formula is C29H40N4O6. The minimum atomic E-state index is -0.409. The minimum absolute atomic E-state index is 0.173. The molecule has 10 nitrogen and oxygen atoms in total. The summed E-state index contributed by atoms with van der Waals surface area (Å²) in [4.78, 5) is 24.6. The number of ether oxygens (including phenoxy) is 4. The summed E-state index contributed by atoms with van der Waals surface area (Å²) in [7, 11) is 4.49. The minimum Gasteiger partial charge on any atom is -0.497 e. The van der Waals surface area contributed by atoms with E-state index in [-0.39, 0.29) is 23.5 Å². The van der Waals surface area contributed by atoms with Crippen LogP contribution in [0.5, 0.6) is 17.2 Å². The lowest BCUT2D eigenvalue weighted by atomic mass is 9.86. The van der Waals surface area contributed by atoms with Crippen molar-refractivity contribution < 1.29 is 28.5 Å². The number of anilines is 1. The van der Waals surface area contributed by atoms with Gasteiger partial charge >= 0.3 is 5.97 Å². The lowest BCUT2D eigenvalue weighted by Crippen LogP contribution is -2.17. The van der Waals surface area contributed by atoms with Crippen molar-refractivity contribution in [3.8, 4) is 22.9 Å². The number of nitrogens with zero attached hydrogens (tertiary/aromatic N) is 3. The van der Waals surface area contributed by atoms with E-state index in [2.05, 4.69) is 41.1 Å². The molecule has 0 unspecified atom stereocenters. The summed E-state index contributed by atoms with van der Waals surface area (Å²) >= 11 is 0. The van der Waals surface area contributed by atoms with E-state index >= 15 is 0 Å². The first-order valence-electron chi connectivity index (χ1n) is 12.9. The number of methoxy groups -OCH3 is 3. The summed E-state index contributed by atoms with van der Waals surface area (Å²) < 4.78 is 22.9. The predicted octanol–water partition coefficient (Wildman–Crippen LogP) is 5.50. The van der Waals surface area contributed by atoms with Crippen LogP contribution in [0.15, 0.2) is 36.4 Å². The summed E-state index contributed by atoms with van der Waals surface area (Å²) in [5.41, 5.74) is 2.67.